The summed E-state index contributed by atoms with van der Waals surface area (Å²) in [7, 11) is -2.73. The number of ether oxygens (including phenoxy) is 1. The third-order valence-corrected chi connectivity index (χ3v) is 6.10. The van der Waals surface area contributed by atoms with Gasteiger partial charge < -0.3 is 10.1 Å². The molecule has 0 bridgehead atoms. The van der Waals surface area contributed by atoms with E-state index in [0.29, 0.717) is 23.0 Å². The molecule has 2 N–H and O–H groups in total. The normalized spacial score (nSPS) is 11.3. The van der Waals surface area contributed by atoms with E-state index < -0.39 is 15.8 Å². The van der Waals surface area contributed by atoms with Crippen LogP contribution in [0.25, 0.3) is 5.82 Å². The summed E-state index contributed by atoms with van der Waals surface area (Å²) in [4.78, 5) is -0.287. The van der Waals surface area contributed by atoms with Crippen molar-refractivity contribution >= 4 is 27.2 Å². The smallest absolute Gasteiger partial charge is 0.265 e. The summed E-state index contributed by atoms with van der Waals surface area (Å²) in [5.41, 5.74) is 2.83. The largest absolute Gasteiger partial charge is 0.495 e. The first-order valence-electron chi connectivity index (χ1n) is 9.86. The Morgan fingerprint density at radius 3 is 2.27 bits per heavy atom. The molecule has 9 nitrogen and oxygen atoms in total. The lowest BCUT2D eigenvalue weighted by molar-refractivity contribution is 0.401. The number of benzene rings is 2. The Balaban J connectivity index is 1.46. The lowest BCUT2D eigenvalue weighted by Gasteiger charge is -2.12. The van der Waals surface area contributed by atoms with Crippen molar-refractivity contribution in [1.29, 1.82) is 0 Å². The molecule has 0 aliphatic heterocycles. The molecule has 0 saturated heterocycles. The number of hydrogen-bond acceptors (Lipinski definition) is 7. The van der Waals surface area contributed by atoms with Gasteiger partial charge >= 0.3 is 0 Å². The Bertz CT molecular complexity index is 1390. The first-order chi connectivity index (χ1) is 15.7. The van der Waals surface area contributed by atoms with E-state index in [1.54, 1.807) is 41.1 Å². The highest BCUT2D eigenvalue weighted by Gasteiger charge is 2.20. The van der Waals surface area contributed by atoms with E-state index in [-0.39, 0.29) is 10.6 Å². The van der Waals surface area contributed by atoms with Crippen molar-refractivity contribution in [2.24, 2.45) is 0 Å². The van der Waals surface area contributed by atoms with Crippen LogP contribution >= 0.6 is 0 Å². The number of anilines is 3. The molecule has 11 heteroatoms. The standard InChI is InChI=1S/C22H21FN6O3S/c1-14-12-15(2)29(27-14)22-11-10-21(25-26-22)24-17-5-7-18(8-6-17)28-33(30,31)20-13-16(23)4-9-19(20)32-3/h4-13,28H,1-3H3,(H,24,25). The van der Waals surface area contributed by atoms with Gasteiger partial charge in [0.25, 0.3) is 10.0 Å². The van der Waals surface area contributed by atoms with Gasteiger partial charge in [-0.25, -0.2) is 17.5 Å². The fourth-order valence-corrected chi connectivity index (χ4v) is 4.45. The summed E-state index contributed by atoms with van der Waals surface area (Å²) in [5.74, 6) is 0.479. The molecule has 2 aromatic heterocycles. The number of nitrogens with zero attached hydrogens (tertiary/aromatic N) is 4. The maximum Gasteiger partial charge on any atom is 0.265 e. The van der Waals surface area contributed by atoms with Crippen molar-refractivity contribution in [3.8, 4) is 11.6 Å². The van der Waals surface area contributed by atoms with Crippen LogP contribution in [0.15, 0.2) is 65.6 Å². The van der Waals surface area contributed by atoms with Crippen molar-refractivity contribution in [2.75, 3.05) is 17.1 Å². The number of rotatable bonds is 7. The second kappa shape index (κ2) is 8.87. The summed E-state index contributed by atoms with van der Waals surface area (Å²) in [6, 6.07) is 15.3. The second-order valence-corrected chi connectivity index (χ2v) is 8.87. The number of hydrogen-bond donors (Lipinski definition) is 2. The lowest BCUT2D eigenvalue weighted by atomic mass is 10.3. The Morgan fingerprint density at radius 2 is 1.67 bits per heavy atom. The zero-order chi connectivity index (χ0) is 23.6. The van der Waals surface area contributed by atoms with E-state index in [4.69, 9.17) is 4.74 Å². The maximum absolute atomic E-state index is 13.6. The Hall–Kier alpha value is -3.99. The minimum Gasteiger partial charge on any atom is -0.495 e. The van der Waals surface area contributed by atoms with Gasteiger partial charge in [0.2, 0.25) is 0 Å². The number of halogens is 1. The Labute approximate surface area is 190 Å². The van der Waals surface area contributed by atoms with Crippen molar-refractivity contribution in [1.82, 2.24) is 20.0 Å². The van der Waals surface area contributed by atoms with Gasteiger partial charge in [-0.1, -0.05) is 0 Å². The van der Waals surface area contributed by atoms with Crippen LogP contribution in [0.1, 0.15) is 11.4 Å². The molecule has 0 spiro atoms. The Morgan fingerprint density at radius 1 is 0.939 bits per heavy atom. The molecular formula is C22H21FN6O3S. The highest BCUT2D eigenvalue weighted by Crippen LogP contribution is 2.27. The van der Waals surface area contributed by atoms with E-state index in [1.807, 2.05) is 19.9 Å². The van der Waals surface area contributed by atoms with Gasteiger partial charge in [0.15, 0.2) is 11.6 Å². The molecule has 2 heterocycles. The first-order valence-corrected chi connectivity index (χ1v) is 11.3. The molecular weight excluding hydrogens is 447 g/mol. The number of nitrogens with one attached hydrogen (secondary N) is 2. The average Bonchev–Trinajstić information content (AvgIpc) is 3.13. The van der Waals surface area contributed by atoms with Gasteiger partial charge in [-0.05, 0) is 74.5 Å². The molecule has 0 amide bonds. The van der Waals surface area contributed by atoms with Gasteiger partial charge in [0.1, 0.15) is 16.5 Å². The summed E-state index contributed by atoms with van der Waals surface area (Å²) < 4.78 is 48.1. The lowest BCUT2D eigenvalue weighted by Crippen LogP contribution is -2.14. The quantitative estimate of drug-likeness (QED) is 0.422. The third kappa shape index (κ3) is 4.93. The maximum atomic E-state index is 13.6. The fourth-order valence-electron chi connectivity index (χ4n) is 3.21. The molecule has 0 radical (unpaired) electrons. The van der Waals surface area contributed by atoms with Crippen molar-refractivity contribution in [3.63, 3.8) is 0 Å². The first kappa shape index (κ1) is 22.2. The topological polar surface area (TPSA) is 111 Å². The predicted octanol–water partition coefficient (Wildman–Crippen LogP) is 3.97. The van der Waals surface area contributed by atoms with E-state index in [2.05, 4.69) is 25.3 Å². The zero-order valence-electron chi connectivity index (χ0n) is 18.1. The molecule has 4 aromatic rings. The van der Waals surface area contributed by atoms with E-state index in [1.165, 1.54) is 13.2 Å². The van der Waals surface area contributed by atoms with Crippen LogP contribution in [0, 0.1) is 19.7 Å². The number of aryl methyl sites for hydroxylation is 2. The minimum absolute atomic E-state index is 0.0460. The van der Waals surface area contributed by atoms with E-state index >= 15 is 0 Å². The summed E-state index contributed by atoms with van der Waals surface area (Å²) in [6.07, 6.45) is 0. The van der Waals surface area contributed by atoms with E-state index in [0.717, 1.165) is 23.5 Å². The van der Waals surface area contributed by atoms with Gasteiger partial charge in [-0.2, -0.15) is 5.10 Å². The predicted molar refractivity (Wildman–Crippen MR) is 122 cm³/mol. The van der Waals surface area contributed by atoms with Crippen LogP contribution in [0.5, 0.6) is 5.75 Å². The van der Waals surface area contributed by atoms with Gasteiger partial charge in [-0.15, -0.1) is 10.2 Å². The molecule has 0 saturated carbocycles. The zero-order valence-corrected chi connectivity index (χ0v) is 18.9. The van der Waals surface area contributed by atoms with Crippen molar-refractivity contribution in [3.05, 3.63) is 77.9 Å². The SMILES string of the molecule is COc1ccc(F)cc1S(=O)(=O)Nc1ccc(Nc2ccc(-n3nc(C)cc3C)nn2)cc1. The third-order valence-electron chi connectivity index (χ3n) is 4.70. The van der Waals surface area contributed by atoms with Gasteiger partial charge in [0.05, 0.1) is 12.8 Å². The minimum atomic E-state index is -4.05. The highest BCUT2D eigenvalue weighted by molar-refractivity contribution is 7.92. The Kier molecular flexibility index (Phi) is 5.97. The molecule has 0 unspecified atom stereocenters. The number of methoxy groups -OCH3 is 1. The van der Waals surface area contributed by atoms with Crippen LogP contribution in [0.2, 0.25) is 0 Å². The molecule has 0 aliphatic carbocycles. The van der Waals surface area contributed by atoms with Crippen molar-refractivity contribution < 1.29 is 17.5 Å². The molecule has 170 valence electrons. The monoisotopic (exact) mass is 468 g/mol. The molecule has 4 rings (SSSR count). The second-order valence-electron chi connectivity index (χ2n) is 7.22. The van der Waals surface area contributed by atoms with Crippen LogP contribution < -0.4 is 14.8 Å². The molecule has 0 fully saturated rings. The van der Waals surface area contributed by atoms with Crippen LogP contribution in [-0.2, 0) is 10.0 Å². The van der Waals surface area contributed by atoms with Crippen LogP contribution in [0.4, 0.5) is 21.6 Å². The number of aromatic nitrogens is 4. The van der Waals surface area contributed by atoms with Gasteiger partial charge in [-0.3, -0.25) is 4.72 Å². The van der Waals surface area contributed by atoms with Crippen LogP contribution in [-0.4, -0.2) is 35.5 Å². The fraction of sp³-hybridized carbons (Fsp3) is 0.136. The molecule has 33 heavy (non-hydrogen) atoms. The van der Waals surface area contributed by atoms with E-state index in [9.17, 15) is 12.8 Å². The highest BCUT2D eigenvalue weighted by atomic mass is 32.2. The summed E-state index contributed by atoms with van der Waals surface area (Å²) in [6.45, 7) is 3.85. The van der Waals surface area contributed by atoms with Crippen molar-refractivity contribution in [2.45, 2.75) is 18.7 Å². The molecule has 0 aliphatic rings. The molecule has 2 aromatic carbocycles. The van der Waals surface area contributed by atoms with Gasteiger partial charge in [0, 0.05) is 17.1 Å². The number of sulfonamides is 1. The molecule has 0 atom stereocenters. The van der Waals surface area contributed by atoms with Crippen LogP contribution in [0.3, 0.4) is 0 Å². The summed E-state index contributed by atoms with van der Waals surface area (Å²) in [5, 5.41) is 15.8. The summed E-state index contributed by atoms with van der Waals surface area (Å²) >= 11 is 0. The average molecular weight is 469 g/mol.